The summed E-state index contributed by atoms with van der Waals surface area (Å²) in [6.45, 7) is 8.55. The first kappa shape index (κ1) is 12.3. The second-order valence-electron chi connectivity index (χ2n) is 5.61. The minimum Gasteiger partial charge on any atom is -0.393 e. The Kier molecular flexibility index (Phi) is 3.92. The van der Waals surface area contributed by atoms with Gasteiger partial charge < -0.3 is 5.11 Å². The molecule has 0 saturated heterocycles. The lowest BCUT2D eigenvalue weighted by molar-refractivity contribution is 0.121. The second kappa shape index (κ2) is 4.80. The Labute approximate surface area is 93.1 Å². The molecule has 0 saturated carbocycles. The van der Waals surface area contributed by atoms with Crippen molar-refractivity contribution in [3.05, 3.63) is 35.4 Å². The summed E-state index contributed by atoms with van der Waals surface area (Å²) in [7, 11) is 0. The zero-order chi connectivity index (χ0) is 11.5. The number of aryl methyl sites for hydroxylation is 1. The Balaban J connectivity index is 2.51. The molecule has 0 aliphatic carbocycles. The summed E-state index contributed by atoms with van der Waals surface area (Å²) in [6, 6.07) is 8.39. The molecule has 1 N–H and O–H groups in total. The van der Waals surface area contributed by atoms with E-state index in [0.717, 1.165) is 12.8 Å². The van der Waals surface area contributed by atoms with Crippen molar-refractivity contribution in [2.24, 2.45) is 5.41 Å². The first-order chi connectivity index (χ1) is 6.87. The molecule has 0 amide bonds. The highest BCUT2D eigenvalue weighted by Gasteiger charge is 2.16. The summed E-state index contributed by atoms with van der Waals surface area (Å²) in [4.78, 5) is 0. The molecule has 1 atom stereocenters. The molecular weight excluding hydrogens is 184 g/mol. The Bertz CT molecular complexity index is 292. The SMILES string of the molecule is Cc1ccc(CC(O)CC(C)(C)C)cc1. The lowest BCUT2D eigenvalue weighted by atomic mass is 9.87. The van der Waals surface area contributed by atoms with Crippen LogP contribution in [0.2, 0.25) is 0 Å². The van der Waals surface area contributed by atoms with Crippen LogP contribution in [0.15, 0.2) is 24.3 Å². The van der Waals surface area contributed by atoms with E-state index in [1.54, 1.807) is 0 Å². The fraction of sp³-hybridized carbons (Fsp3) is 0.571. The van der Waals surface area contributed by atoms with E-state index in [1.807, 2.05) is 0 Å². The van der Waals surface area contributed by atoms with Crippen LogP contribution in [0.1, 0.15) is 38.3 Å². The Morgan fingerprint density at radius 2 is 1.67 bits per heavy atom. The van der Waals surface area contributed by atoms with Gasteiger partial charge in [-0.1, -0.05) is 50.6 Å². The third kappa shape index (κ3) is 4.98. The van der Waals surface area contributed by atoms with Crippen LogP contribution < -0.4 is 0 Å². The molecular formula is C14H22O. The van der Waals surface area contributed by atoms with Crippen molar-refractivity contribution >= 4 is 0 Å². The summed E-state index contributed by atoms with van der Waals surface area (Å²) in [5, 5.41) is 9.91. The third-order valence-electron chi connectivity index (χ3n) is 2.44. The minimum absolute atomic E-state index is 0.199. The largest absolute Gasteiger partial charge is 0.393 e. The highest BCUT2D eigenvalue weighted by molar-refractivity contribution is 5.21. The van der Waals surface area contributed by atoms with Gasteiger partial charge in [0.25, 0.3) is 0 Å². The number of hydrogen-bond acceptors (Lipinski definition) is 1. The summed E-state index contributed by atoms with van der Waals surface area (Å²) in [5.41, 5.74) is 2.69. The van der Waals surface area contributed by atoms with Crippen LogP contribution >= 0.6 is 0 Å². The molecule has 1 aromatic carbocycles. The van der Waals surface area contributed by atoms with E-state index in [0.29, 0.717) is 0 Å². The maximum absolute atomic E-state index is 9.91. The molecule has 84 valence electrons. The molecule has 0 aliphatic heterocycles. The van der Waals surface area contributed by atoms with E-state index in [-0.39, 0.29) is 11.5 Å². The van der Waals surface area contributed by atoms with Crippen molar-refractivity contribution < 1.29 is 5.11 Å². The van der Waals surface area contributed by atoms with Gasteiger partial charge in [-0.25, -0.2) is 0 Å². The molecule has 1 unspecified atom stereocenters. The maximum Gasteiger partial charge on any atom is 0.0585 e. The highest BCUT2D eigenvalue weighted by atomic mass is 16.3. The van der Waals surface area contributed by atoms with Crippen LogP contribution in [0.3, 0.4) is 0 Å². The first-order valence-electron chi connectivity index (χ1n) is 5.60. The van der Waals surface area contributed by atoms with Crippen molar-refractivity contribution in [2.75, 3.05) is 0 Å². The summed E-state index contributed by atoms with van der Waals surface area (Å²) in [5.74, 6) is 0. The number of benzene rings is 1. The van der Waals surface area contributed by atoms with Crippen LogP contribution in [0.4, 0.5) is 0 Å². The minimum atomic E-state index is -0.229. The predicted molar refractivity (Wildman–Crippen MR) is 65.0 cm³/mol. The predicted octanol–water partition coefficient (Wildman–Crippen LogP) is 3.33. The fourth-order valence-electron chi connectivity index (χ4n) is 1.78. The fourth-order valence-corrected chi connectivity index (χ4v) is 1.78. The number of aliphatic hydroxyl groups excluding tert-OH is 1. The number of aliphatic hydroxyl groups is 1. The van der Waals surface area contributed by atoms with Gasteiger partial charge in [0.2, 0.25) is 0 Å². The van der Waals surface area contributed by atoms with Gasteiger partial charge in [-0.15, -0.1) is 0 Å². The molecule has 1 aromatic rings. The van der Waals surface area contributed by atoms with Crippen molar-refractivity contribution in [2.45, 2.75) is 46.6 Å². The Morgan fingerprint density at radius 3 is 2.13 bits per heavy atom. The lowest BCUT2D eigenvalue weighted by Crippen LogP contribution is -2.19. The Hall–Kier alpha value is -0.820. The molecule has 0 heterocycles. The highest BCUT2D eigenvalue weighted by Crippen LogP contribution is 2.22. The van der Waals surface area contributed by atoms with Gasteiger partial charge in [-0.3, -0.25) is 0 Å². The lowest BCUT2D eigenvalue weighted by Gasteiger charge is -2.22. The third-order valence-corrected chi connectivity index (χ3v) is 2.44. The van der Waals surface area contributed by atoms with Gasteiger partial charge in [0.05, 0.1) is 6.10 Å². The molecule has 0 fully saturated rings. The zero-order valence-electron chi connectivity index (χ0n) is 10.2. The van der Waals surface area contributed by atoms with Gasteiger partial charge in [-0.05, 0) is 30.7 Å². The topological polar surface area (TPSA) is 20.2 Å². The van der Waals surface area contributed by atoms with Crippen molar-refractivity contribution in [3.8, 4) is 0 Å². The van der Waals surface area contributed by atoms with Crippen molar-refractivity contribution in [1.29, 1.82) is 0 Å². The van der Waals surface area contributed by atoms with Crippen molar-refractivity contribution in [1.82, 2.24) is 0 Å². The monoisotopic (exact) mass is 206 g/mol. The van der Waals surface area contributed by atoms with Crippen LogP contribution in [0.25, 0.3) is 0 Å². The van der Waals surface area contributed by atoms with E-state index in [4.69, 9.17) is 0 Å². The summed E-state index contributed by atoms with van der Waals surface area (Å²) in [6.07, 6.45) is 1.38. The van der Waals surface area contributed by atoms with E-state index < -0.39 is 0 Å². The molecule has 0 bridgehead atoms. The van der Waals surface area contributed by atoms with Gasteiger partial charge >= 0.3 is 0 Å². The first-order valence-corrected chi connectivity index (χ1v) is 5.60. The zero-order valence-corrected chi connectivity index (χ0v) is 10.2. The van der Waals surface area contributed by atoms with Crippen LogP contribution in [0, 0.1) is 12.3 Å². The van der Waals surface area contributed by atoms with Crippen LogP contribution in [0.5, 0.6) is 0 Å². The van der Waals surface area contributed by atoms with Crippen LogP contribution in [-0.4, -0.2) is 11.2 Å². The number of hydrogen-bond donors (Lipinski definition) is 1. The molecule has 0 aromatic heterocycles. The van der Waals surface area contributed by atoms with Gasteiger partial charge in [0, 0.05) is 0 Å². The second-order valence-corrected chi connectivity index (χ2v) is 5.61. The molecule has 1 nitrogen and oxygen atoms in total. The van der Waals surface area contributed by atoms with Crippen molar-refractivity contribution in [3.63, 3.8) is 0 Å². The van der Waals surface area contributed by atoms with Gasteiger partial charge in [0.15, 0.2) is 0 Å². The van der Waals surface area contributed by atoms with E-state index in [1.165, 1.54) is 11.1 Å². The summed E-state index contributed by atoms with van der Waals surface area (Å²) < 4.78 is 0. The molecule has 0 aliphatic rings. The van der Waals surface area contributed by atoms with E-state index >= 15 is 0 Å². The maximum atomic E-state index is 9.91. The number of rotatable bonds is 3. The van der Waals surface area contributed by atoms with Crippen LogP contribution in [-0.2, 0) is 6.42 Å². The molecule has 0 spiro atoms. The average molecular weight is 206 g/mol. The molecule has 1 rings (SSSR count). The normalized spacial score (nSPS) is 13.9. The molecule has 0 radical (unpaired) electrons. The Morgan fingerprint density at radius 1 is 1.13 bits per heavy atom. The van der Waals surface area contributed by atoms with E-state index in [9.17, 15) is 5.11 Å². The quantitative estimate of drug-likeness (QED) is 0.804. The van der Waals surface area contributed by atoms with E-state index in [2.05, 4.69) is 52.0 Å². The standard InChI is InChI=1S/C14H22O/c1-11-5-7-12(8-6-11)9-13(15)10-14(2,3)4/h5-8,13,15H,9-10H2,1-4H3. The van der Waals surface area contributed by atoms with Gasteiger partial charge in [-0.2, -0.15) is 0 Å². The smallest absolute Gasteiger partial charge is 0.0585 e. The molecule has 1 heteroatoms. The summed E-state index contributed by atoms with van der Waals surface area (Å²) >= 11 is 0. The average Bonchev–Trinajstić information content (AvgIpc) is 2.05. The molecule has 15 heavy (non-hydrogen) atoms. The van der Waals surface area contributed by atoms with Gasteiger partial charge in [0.1, 0.15) is 0 Å².